The van der Waals surface area contributed by atoms with Gasteiger partial charge in [0.05, 0.1) is 34.2 Å². The number of nitrogens with zero attached hydrogens (tertiary/aromatic N) is 8. The van der Waals surface area contributed by atoms with E-state index in [0.29, 0.717) is 18.7 Å². The van der Waals surface area contributed by atoms with E-state index < -0.39 is 0 Å². The number of hydrogen-bond acceptors (Lipinski definition) is 7. The molecule has 2 fully saturated rings. The van der Waals surface area contributed by atoms with Gasteiger partial charge in [0.2, 0.25) is 0 Å². The fraction of sp³-hybridized carbons (Fsp3) is 0.400. The Bertz CT molecular complexity index is 1340. The molecule has 6 heterocycles. The van der Waals surface area contributed by atoms with Crippen molar-refractivity contribution in [3.63, 3.8) is 0 Å². The molecule has 0 aromatic carbocycles. The van der Waals surface area contributed by atoms with Gasteiger partial charge in [0.15, 0.2) is 0 Å². The molecule has 4 aromatic heterocycles. The summed E-state index contributed by atoms with van der Waals surface area (Å²) in [5, 5.41) is 4.25. The molecule has 0 radical (unpaired) electrons. The zero-order valence-corrected chi connectivity index (χ0v) is 19.3. The standard InChI is InChI=1S/C25H28N8O/c1-30-10-12-31(13-11-30)21-14-22-24(26-15-21)23(28-17-27-22)18-5-8-32(9-6-18)25(34)19-2-3-20-4-7-29-33(20)16-19/h2-4,7,14-18H,5-6,8-13H2,1H3. The third kappa shape index (κ3) is 3.86. The maximum atomic E-state index is 13.1. The Morgan fingerprint density at radius 2 is 1.79 bits per heavy atom. The van der Waals surface area contributed by atoms with Crippen LogP contribution in [-0.4, -0.2) is 86.6 Å². The topological polar surface area (TPSA) is 82.8 Å². The van der Waals surface area contributed by atoms with Gasteiger partial charge in [0.1, 0.15) is 11.8 Å². The average molecular weight is 457 g/mol. The molecule has 6 rings (SSSR count). The van der Waals surface area contributed by atoms with Gasteiger partial charge in [-0.05, 0) is 44.2 Å². The number of pyridine rings is 2. The maximum Gasteiger partial charge on any atom is 0.255 e. The third-order valence-corrected chi connectivity index (χ3v) is 7.17. The molecule has 174 valence electrons. The van der Waals surface area contributed by atoms with Crippen molar-refractivity contribution in [2.45, 2.75) is 18.8 Å². The fourth-order valence-electron chi connectivity index (χ4n) is 5.07. The van der Waals surface area contributed by atoms with Crippen LogP contribution in [-0.2, 0) is 0 Å². The minimum absolute atomic E-state index is 0.0540. The van der Waals surface area contributed by atoms with Crippen LogP contribution in [0, 0.1) is 0 Å². The van der Waals surface area contributed by atoms with E-state index in [4.69, 9.17) is 4.98 Å². The van der Waals surface area contributed by atoms with Crippen LogP contribution in [0.25, 0.3) is 16.6 Å². The van der Waals surface area contributed by atoms with Gasteiger partial charge in [-0.1, -0.05) is 0 Å². The maximum absolute atomic E-state index is 13.1. The van der Waals surface area contributed by atoms with Gasteiger partial charge in [-0.15, -0.1) is 0 Å². The molecule has 0 saturated carbocycles. The first kappa shape index (κ1) is 21.0. The summed E-state index contributed by atoms with van der Waals surface area (Å²) in [7, 11) is 2.16. The normalized spacial score (nSPS) is 18.1. The number of hydrogen-bond donors (Lipinski definition) is 0. The molecule has 0 unspecified atom stereocenters. The molecule has 1 amide bonds. The second kappa shape index (κ2) is 8.64. The molecule has 2 aliphatic heterocycles. The minimum Gasteiger partial charge on any atom is -0.368 e. The van der Waals surface area contributed by atoms with Gasteiger partial charge < -0.3 is 14.7 Å². The lowest BCUT2D eigenvalue weighted by Crippen LogP contribution is -2.44. The van der Waals surface area contributed by atoms with E-state index in [1.54, 1.807) is 17.0 Å². The van der Waals surface area contributed by atoms with Gasteiger partial charge >= 0.3 is 0 Å². The lowest BCUT2D eigenvalue weighted by molar-refractivity contribution is 0.0711. The summed E-state index contributed by atoms with van der Waals surface area (Å²) >= 11 is 0. The monoisotopic (exact) mass is 456 g/mol. The van der Waals surface area contributed by atoms with Crippen molar-refractivity contribution in [2.75, 3.05) is 51.2 Å². The molecule has 0 aliphatic carbocycles. The Morgan fingerprint density at radius 1 is 0.971 bits per heavy atom. The van der Waals surface area contributed by atoms with Crippen LogP contribution in [0.4, 0.5) is 5.69 Å². The summed E-state index contributed by atoms with van der Waals surface area (Å²) in [6.07, 6.45) is 8.90. The number of likely N-dealkylation sites (N-methyl/N-ethyl adjacent to an activating group) is 1. The molecule has 4 aromatic rings. The van der Waals surface area contributed by atoms with Crippen LogP contribution in [0.5, 0.6) is 0 Å². The molecular formula is C25H28N8O. The van der Waals surface area contributed by atoms with Gasteiger partial charge in [0.25, 0.3) is 5.91 Å². The Morgan fingerprint density at radius 3 is 2.62 bits per heavy atom. The van der Waals surface area contributed by atoms with Crippen LogP contribution in [0.3, 0.4) is 0 Å². The number of piperidine rings is 1. The number of rotatable bonds is 3. The van der Waals surface area contributed by atoms with E-state index >= 15 is 0 Å². The summed E-state index contributed by atoms with van der Waals surface area (Å²) in [5.74, 6) is 0.323. The molecule has 0 bridgehead atoms. The third-order valence-electron chi connectivity index (χ3n) is 7.17. The zero-order valence-electron chi connectivity index (χ0n) is 19.3. The van der Waals surface area contributed by atoms with Gasteiger partial charge in [0, 0.05) is 57.6 Å². The van der Waals surface area contributed by atoms with Crippen molar-refractivity contribution in [1.82, 2.24) is 34.4 Å². The van der Waals surface area contributed by atoms with Crippen LogP contribution in [0.15, 0.2) is 49.2 Å². The number of carbonyl (C=O) groups excluding carboxylic acids is 1. The molecule has 0 N–H and O–H groups in total. The Balaban J connectivity index is 1.17. The number of anilines is 1. The van der Waals surface area contributed by atoms with E-state index in [1.165, 1.54) is 0 Å². The highest BCUT2D eigenvalue weighted by molar-refractivity contribution is 5.94. The number of fused-ring (bicyclic) bond motifs is 2. The fourth-order valence-corrected chi connectivity index (χ4v) is 5.07. The highest BCUT2D eigenvalue weighted by atomic mass is 16.2. The lowest BCUT2D eigenvalue weighted by atomic mass is 9.92. The number of aromatic nitrogens is 5. The molecule has 2 saturated heterocycles. The molecule has 2 aliphatic rings. The van der Waals surface area contributed by atoms with Crippen molar-refractivity contribution < 1.29 is 4.79 Å². The molecule has 9 nitrogen and oxygen atoms in total. The van der Waals surface area contributed by atoms with Crippen LogP contribution < -0.4 is 4.90 Å². The Labute approximate surface area is 198 Å². The van der Waals surface area contributed by atoms with E-state index in [0.717, 1.165) is 67.0 Å². The van der Waals surface area contributed by atoms with Gasteiger partial charge in [-0.25, -0.2) is 14.5 Å². The smallest absolute Gasteiger partial charge is 0.255 e. The zero-order chi connectivity index (χ0) is 23.1. The highest BCUT2D eigenvalue weighted by Crippen LogP contribution is 2.31. The summed E-state index contributed by atoms with van der Waals surface area (Å²) < 4.78 is 1.75. The predicted octanol–water partition coefficient (Wildman–Crippen LogP) is 2.44. The van der Waals surface area contributed by atoms with Crippen molar-refractivity contribution in [2.24, 2.45) is 0 Å². The SMILES string of the molecule is CN1CCN(c2cnc3c(C4CCN(C(=O)c5ccc6ccnn6c5)CC4)ncnc3c2)CC1. The second-order valence-corrected chi connectivity index (χ2v) is 9.30. The molecule has 0 spiro atoms. The van der Waals surface area contributed by atoms with E-state index in [1.807, 2.05) is 35.5 Å². The summed E-state index contributed by atoms with van der Waals surface area (Å²) in [4.78, 5) is 33.7. The summed E-state index contributed by atoms with van der Waals surface area (Å²) in [6.45, 7) is 5.51. The molecule has 9 heteroatoms. The first-order valence-corrected chi connectivity index (χ1v) is 11.9. The van der Waals surface area contributed by atoms with E-state index in [-0.39, 0.29) is 11.8 Å². The molecule has 34 heavy (non-hydrogen) atoms. The van der Waals surface area contributed by atoms with Crippen molar-refractivity contribution in [3.8, 4) is 0 Å². The molecular weight excluding hydrogens is 428 g/mol. The number of piperazine rings is 1. The van der Waals surface area contributed by atoms with E-state index in [9.17, 15) is 4.79 Å². The summed E-state index contributed by atoms with van der Waals surface area (Å²) in [6, 6.07) is 7.88. The molecule has 0 atom stereocenters. The highest BCUT2D eigenvalue weighted by Gasteiger charge is 2.27. The van der Waals surface area contributed by atoms with Crippen molar-refractivity contribution >= 4 is 28.1 Å². The van der Waals surface area contributed by atoms with Crippen LogP contribution in [0.2, 0.25) is 0 Å². The lowest BCUT2D eigenvalue weighted by Gasteiger charge is -2.34. The number of amides is 1. The van der Waals surface area contributed by atoms with Crippen LogP contribution >= 0.6 is 0 Å². The largest absolute Gasteiger partial charge is 0.368 e. The second-order valence-electron chi connectivity index (χ2n) is 9.30. The number of likely N-dealkylation sites (tertiary alicyclic amines) is 1. The van der Waals surface area contributed by atoms with Gasteiger partial charge in [-0.2, -0.15) is 5.10 Å². The first-order valence-electron chi connectivity index (χ1n) is 11.9. The van der Waals surface area contributed by atoms with E-state index in [2.05, 4.69) is 38.0 Å². The first-order chi connectivity index (χ1) is 16.7. The Kier molecular flexibility index (Phi) is 5.33. The average Bonchev–Trinajstić information content (AvgIpc) is 3.36. The van der Waals surface area contributed by atoms with Crippen LogP contribution in [0.1, 0.15) is 34.8 Å². The summed E-state index contributed by atoms with van der Waals surface area (Å²) in [5.41, 5.74) is 5.55. The van der Waals surface area contributed by atoms with Crippen molar-refractivity contribution in [3.05, 3.63) is 60.4 Å². The quantitative estimate of drug-likeness (QED) is 0.468. The van der Waals surface area contributed by atoms with Gasteiger partial charge in [-0.3, -0.25) is 9.78 Å². The Hall–Kier alpha value is -3.59. The predicted molar refractivity (Wildman–Crippen MR) is 130 cm³/mol. The van der Waals surface area contributed by atoms with Crippen molar-refractivity contribution in [1.29, 1.82) is 0 Å². The number of carbonyl (C=O) groups is 1. The minimum atomic E-state index is 0.0540.